The number of alkyl carbamates (subject to hydrolysis) is 1. The van der Waals surface area contributed by atoms with E-state index in [1.54, 1.807) is 20.8 Å². The first-order valence-corrected chi connectivity index (χ1v) is 12.4. The quantitative estimate of drug-likeness (QED) is 0.0741. The number of hydroxylamine groups is 2. The summed E-state index contributed by atoms with van der Waals surface area (Å²) in [6.45, 7) is 4.10. The Morgan fingerprint density at radius 3 is 2.24 bits per heavy atom. The van der Waals surface area contributed by atoms with E-state index in [0.717, 1.165) is 10.6 Å². The zero-order valence-corrected chi connectivity index (χ0v) is 22.0. The summed E-state index contributed by atoms with van der Waals surface area (Å²) < 4.78 is 5.21. The van der Waals surface area contributed by atoms with Gasteiger partial charge < -0.3 is 40.9 Å². The number of hydrogen-bond acceptors (Lipinski definition) is 10. The fraction of sp³-hybridized carbons (Fsp3) is 0.640. The summed E-state index contributed by atoms with van der Waals surface area (Å²) in [5.74, 6) is -0.688. The van der Waals surface area contributed by atoms with Gasteiger partial charge in [0.1, 0.15) is 36.6 Å². The summed E-state index contributed by atoms with van der Waals surface area (Å²) in [7, 11) is 0. The standard InChI is InChI=1S/C25H41N3O10/c1-25(2,3)38-24(36)27-18(23(35)26-13-19(31)21(33)22(34)20(32)14-29)11-7-8-12-28(16-30)37-15-17-9-5-4-6-10-17/h4-6,9-10,16,18-22,29,31-34H,7-8,11-15H2,1-3H3,(H,26,35)(H,27,36). The fourth-order valence-electron chi connectivity index (χ4n) is 3.23. The van der Waals surface area contributed by atoms with Crippen LogP contribution in [-0.2, 0) is 25.8 Å². The molecule has 0 aliphatic carbocycles. The summed E-state index contributed by atoms with van der Waals surface area (Å²) in [6, 6.07) is 8.23. The Labute approximate surface area is 222 Å². The van der Waals surface area contributed by atoms with E-state index < -0.39 is 61.2 Å². The number of nitrogens with one attached hydrogen (secondary N) is 2. The Morgan fingerprint density at radius 1 is 1.03 bits per heavy atom. The van der Waals surface area contributed by atoms with Crippen LogP contribution >= 0.6 is 0 Å². The Hall–Kier alpha value is -2.81. The number of unbranched alkanes of at least 4 members (excludes halogenated alkanes) is 1. The lowest BCUT2D eigenvalue weighted by atomic mass is 10.0. The lowest BCUT2D eigenvalue weighted by molar-refractivity contribution is -0.177. The minimum Gasteiger partial charge on any atom is -0.444 e. The van der Waals surface area contributed by atoms with Gasteiger partial charge in [0.05, 0.1) is 12.7 Å². The summed E-state index contributed by atoms with van der Waals surface area (Å²) in [5, 5.41) is 54.0. The molecule has 0 fully saturated rings. The molecule has 1 aromatic rings. The maximum atomic E-state index is 12.8. The van der Waals surface area contributed by atoms with Gasteiger partial charge in [-0.05, 0) is 45.6 Å². The molecule has 0 radical (unpaired) electrons. The molecule has 0 aliphatic rings. The van der Waals surface area contributed by atoms with E-state index in [1.807, 2.05) is 30.3 Å². The van der Waals surface area contributed by atoms with Crippen molar-refractivity contribution < 1.29 is 49.5 Å². The van der Waals surface area contributed by atoms with E-state index >= 15 is 0 Å². The maximum absolute atomic E-state index is 12.8. The van der Waals surface area contributed by atoms with Gasteiger partial charge in [-0.1, -0.05) is 30.3 Å². The summed E-state index contributed by atoms with van der Waals surface area (Å²) >= 11 is 0. The number of benzene rings is 1. The van der Waals surface area contributed by atoms with Crippen LogP contribution in [0, 0.1) is 0 Å². The molecule has 38 heavy (non-hydrogen) atoms. The summed E-state index contributed by atoms with van der Waals surface area (Å²) in [5.41, 5.74) is 0.0821. The largest absolute Gasteiger partial charge is 0.444 e. The zero-order valence-electron chi connectivity index (χ0n) is 22.0. The number of aliphatic hydroxyl groups excluding tert-OH is 5. The minimum absolute atomic E-state index is 0.154. The number of nitrogens with zero attached hydrogens (tertiary/aromatic N) is 1. The molecule has 0 aromatic heterocycles. The Morgan fingerprint density at radius 2 is 1.66 bits per heavy atom. The van der Waals surface area contributed by atoms with Crippen LogP contribution in [0.4, 0.5) is 4.79 Å². The molecule has 0 bridgehead atoms. The third-order valence-electron chi connectivity index (χ3n) is 5.30. The van der Waals surface area contributed by atoms with E-state index in [4.69, 9.17) is 14.7 Å². The predicted molar refractivity (Wildman–Crippen MR) is 135 cm³/mol. The van der Waals surface area contributed by atoms with Gasteiger partial charge in [0.25, 0.3) is 0 Å². The first kappa shape index (κ1) is 33.2. The molecule has 0 saturated heterocycles. The summed E-state index contributed by atoms with van der Waals surface area (Å²) in [6.07, 6.45) is -6.31. The van der Waals surface area contributed by atoms with E-state index in [2.05, 4.69) is 10.6 Å². The highest BCUT2D eigenvalue weighted by Crippen LogP contribution is 2.10. The molecule has 13 heteroatoms. The van der Waals surface area contributed by atoms with E-state index in [9.17, 15) is 34.8 Å². The molecule has 5 unspecified atom stereocenters. The van der Waals surface area contributed by atoms with Crippen LogP contribution in [0.25, 0.3) is 0 Å². The number of rotatable bonds is 17. The molecule has 5 atom stereocenters. The highest BCUT2D eigenvalue weighted by molar-refractivity contribution is 5.85. The second-order valence-corrected chi connectivity index (χ2v) is 9.74. The topological polar surface area (TPSA) is 198 Å². The highest BCUT2D eigenvalue weighted by Gasteiger charge is 2.31. The zero-order chi connectivity index (χ0) is 28.7. The van der Waals surface area contributed by atoms with Crippen LogP contribution in [0.15, 0.2) is 30.3 Å². The van der Waals surface area contributed by atoms with E-state index in [1.165, 1.54) is 0 Å². The molecule has 0 heterocycles. The monoisotopic (exact) mass is 543 g/mol. The number of amides is 3. The highest BCUT2D eigenvalue weighted by atomic mass is 16.7. The van der Waals surface area contributed by atoms with Crippen LogP contribution in [-0.4, -0.2) is 105 Å². The van der Waals surface area contributed by atoms with Crippen LogP contribution in [0.5, 0.6) is 0 Å². The number of carbonyl (C=O) groups excluding carboxylic acids is 3. The molecule has 3 amide bonds. The van der Waals surface area contributed by atoms with Gasteiger partial charge in [-0.2, -0.15) is 0 Å². The second-order valence-electron chi connectivity index (χ2n) is 9.74. The van der Waals surface area contributed by atoms with Crippen molar-refractivity contribution in [2.75, 3.05) is 19.7 Å². The molecule has 1 aromatic carbocycles. The molecule has 0 spiro atoms. The number of aliphatic hydroxyl groups is 5. The second kappa shape index (κ2) is 16.9. The number of ether oxygens (including phenoxy) is 1. The smallest absolute Gasteiger partial charge is 0.408 e. The number of hydrogen-bond donors (Lipinski definition) is 7. The molecular formula is C25H41N3O10. The lowest BCUT2D eigenvalue weighted by Gasteiger charge is -2.27. The Balaban J connectivity index is 2.65. The maximum Gasteiger partial charge on any atom is 0.408 e. The van der Waals surface area contributed by atoms with E-state index in [-0.39, 0.29) is 19.6 Å². The Kier molecular flexibility index (Phi) is 14.8. The molecular weight excluding hydrogens is 502 g/mol. The van der Waals surface area contributed by atoms with Crippen molar-refractivity contribution in [2.24, 2.45) is 0 Å². The predicted octanol–water partition coefficient (Wildman–Crippen LogP) is -0.808. The van der Waals surface area contributed by atoms with Crippen molar-refractivity contribution in [2.45, 2.75) is 82.7 Å². The first-order chi connectivity index (χ1) is 17.9. The molecule has 216 valence electrons. The molecule has 13 nitrogen and oxygen atoms in total. The van der Waals surface area contributed by atoms with Crippen LogP contribution < -0.4 is 10.6 Å². The Bertz CT molecular complexity index is 836. The van der Waals surface area contributed by atoms with Gasteiger partial charge in [0.2, 0.25) is 12.3 Å². The minimum atomic E-state index is -1.85. The average Bonchev–Trinajstić information content (AvgIpc) is 2.88. The van der Waals surface area contributed by atoms with Crippen molar-refractivity contribution in [3.8, 4) is 0 Å². The normalized spacial score (nSPS) is 15.5. The van der Waals surface area contributed by atoms with Gasteiger partial charge in [0, 0.05) is 13.1 Å². The average molecular weight is 544 g/mol. The molecule has 7 N–H and O–H groups in total. The lowest BCUT2D eigenvalue weighted by Crippen LogP contribution is -2.53. The molecule has 0 saturated carbocycles. The van der Waals surface area contributed by atoms with Crippen molar-refractivity contribution in [3.05, 3.63) is 35.9 Å². The van der Waals surface area contributed by atoms with Gasteiger partial charge in [-0.3, -0.25) is 14.4 Å². The molecule has 0 aliphatic heterocycles. The van der Waals surface area contributed by atoms with Crippen LogP contribution in [0.1, 0.15) is 45.6 Å². The molecule has 1 rings (SSSR count). The van der Waals surface area contributed by atoms with E-state index in [0.29, 0.717) is 19.3 Å². The van der Waals surface area contributed by atoms with Crippen molar-refractivity contribution in [3.63, 3.8) is 0 Å². The SMILES string of the molecule is CC(C)(C)OC(=O)NC(CCCCN(C=O)OCc1ccccc1)C(=O)NCC(O)C(O)C(O)C(O)CO. The van der Waals surface area contributed by atoms with Crippen molar-refractivity contribution >= 4 is 18.4 Å². The fourth-order valence-corrected chi connectivity index (χ4v) is 3.23. The number of carbonyl (C=O) groups is 3. The third kappa shape index (κ3) is 13.1. The third-order valence-corrected chi connectivity index (χ3v) is 5.30. The van der Waals surface area contributed by atoms with Crippen molar-refractivity contribution in [1.82, 2.24) is 15.7 Å². The van der Waals surface area contributed by atoms with Gasteiger partial charge in [-0.25, -0.2) is 9.86 Å². The van der Waals surface area contributed by atoms with Gasteiger partial charge in [0.15, 0.2) is 0 Å². The van der Waals surface area contributed by atoms with Crippen LogP contribution in [0.2, 0.25) is 0 Å². The van der Waals surface area contributed by atoms with Gasteiger partial charge in [-0.15, -0.1) is 0 Å². The van der Waals surface area contributed by atoms with Crippen LogP contribution in [0.3, 0.4) is 0 Å². The first-order valence-electron chi connectivity index (χ1n) is 12.4. The van der Waals surface area contributed by atoms with Crippen molar-refractivity contribution in [1.29, 1.82) is 0 Å². The van der Waals surface area contributed by atoms with Gasteiger partial charge >= 0.3 is 6.09 Å². The summed E-state index contributed by atoms with van der Waals surface area (Å²) in [4.78, 5) is 41.8.